The summed E-state index contributed by atoms with van der Waals surface area (Å²) in [7, 11) is 0. The van der Waals surface area contributed by atoms with Crippen LogP contribution in [0.4, 0.5) is 0 Å². The van der Waals surface area contributed by atoms with Gasteiger partial charge in [-0.1, -0.05) is 24.4 Å². The summed E-state index contributed by atoms with van der Waals surface area (Å²) >= 11 is 5.88. The molecule has 1 unspecified atom stereocenters. The van der Waals surface area contributed by atoms with Gasteiger partial charge in [0.2, 0.25) is 0 Å². The first-order valence-corrected chi connectivity index (χ1v) is 8.93. The molecule has 0 radical (unpaired) electrons. The molecule has 4 nitrogen and oxygen atoms in total. The highest BCUT2D eigenvalue weighted by molar-refractivity contribution is 6.30. The first-order valence-electron chi connectivity index (χ1n) is 8.55. The van der Waals surface area contributed by atoms with E-state index >= 15 is 0 Å². The first kappa shape index (κ1) is 17.1. The van der Waals surface area contributed by atoms with E-state index < -0.39 is 0 Å². The molecule has 0 saturated carbocycles. The Morgan fingerprint density at radius 2 is 1.83 bits per heavy atom. The monoisotopic (exact) mass is 346 g/mol. The SMILES string of the molecule is O=C(NCC(c1ccco1)N1CCCCCC1)c1ccc(Cl)cc1. The van der Waals surface area contributed by atoms with Crippen LogP contribution in [0.25, 0.3) is 0 Å². The van der Waals surface area contributed by atoms with Gasteiger partial charge in [0.05, 0.1) is 12.3 Å². The smallest absolute Gasteiger partial charge is 0.251 e. The zero-order valence-electron chi connectivity index (χ0n) is 13.7. The van der Waals surface area contributed by atoms with E-state index in [1.165, 1.54) is 25.7 Å². The van der Waals surface area contributed by atoms with Crippen molar-refractivity contribution >= 4 is 17.5 Å². The molecule has 1 N–H and O–H groups in total. The van der Waals surface area contributed by atoms with E-state index in [1.54, 1.807) is 30.5 Å². The Morgan fingerprint density at radius 3 is 2.46 bits per heavy atom. The third-order valence-corrected chi connectivity index (χ3v) is 4.77. The number of amides is 1. The normalized spacial score (nSPS) is 17.2. The largest absolute Gasteiger partial charge is 0.468 e. The Balaban J connectivity index is 1.67. The molecule has 0 aliphatic carbocycles. The van der Waals surface area contributed by atoms with Gasteiger partial charge in [-0.05, 0) is 62.3 Å². The number of benzene rings is 1. The zero-order chi connectivity index (χ0) is 16.8. The van der Waals surface area contributed by atoms with Gasteiger partial charge in [0, 0.05) is 17.1 Å². The van der Waals surface area contributed by atoms with Gasteiger partial charge in [0.1, 0.15) is 5.76 Å². The van der Waals surface area contributed by atoms with E-state index in [0.29, 0.717) is 17.1 Å². The summed E-state index contributed by atoms with van der Waals surface area (Å²) in [6, 6.07) is 10.9. The fourth-order valence-electron chi connectivity index (χ4n) is 3.19. The summed E-state index contributed by atoms with van der Waals surface area (Å²) in [5, 5.41) is 3.67. The summed E-state index contributed by atoms with van der Waals surface area (Å²) < 4.78 is 5.63. The average molecular weight is 347 g/mol. The minimum Gasteiger partial charge on any atom is -0.468 e. The van der Waals surface area contributed by atoms with E-state index in [9.17, 15) is 4.79 Å². The van der Waals surface area contributed by atoms with Crippen molar-refractivity contribution in [2.45, 2.75) is 31.7 Å². The van der Waals surface area contributed by atoms with Crippen LogP contribution < -0.4 is 5.32 Å². The van der Waals surface area contributed by atoms with Crippen molar-refractivity contribution < 1.29 is 9.21 Å². The molecule has 1 aliphatic heterocycles. The van der Waals surface area contributed by atoms with Crippen LogP contribution in [-0.4, -0.2) is 30.4 Å². The third kappa shape index (κ3) is 4.40. The van der Waals surface area contributed by atoms with Crippen LogP contribution in [0.3, 0.4) is 0 Å². The summed E-state index contributed by atoms with van der Waals surface area (Å²) in [6.45, 7) is 2.62. The predicted octanol–water partition coefficient (Wildman–Crippen LogP) is 4.28. The van der Waals surface area contributed by atoms with Crippen LogP contribution in [0.2, 0.25) is 5.02 Å². The quantitative estimate of drug-likeness (QED) is 0.878. The molecule has 0 bridgehead atoms. The minimum atomic E-state index is -0.0851. The van der Waals surface area contributed by atoms with Gasteiger partial charge in [-0.2, -0.15) is 0 Å². The maximum atomic E-state index is 12.4. The molecule has 128 valence electrons. The zero-order valence-corrected chi connectivity index (χ0v) is 14.5. The van der Waals surface area contributed by atoms with Crippen molar-refractivity contribution in [2.75, 3.05) is 19.6 Å². The van der Waals surface area contributed by atoms with Crippen LogP contribution in [0, 0.1) is 0 Å². The standard InChI is InChI=1S/C19H23ClN2O2/c20-16-9-7-15(8-10-16)19(23)21-14-17(18-6-5-13-24-18)22-11-3-1-2-4-12-22/h5-10,13,17H,1-4,11-12,14H2,(H,21,23). The summed E-state index contributed by atoms with van der Waals surface area (Å²) in [5.74, 6) is 0.825. The molecular formula is C19H23ClN2O2. The molecule has 5 heteroatoms. The van der Waals surface area contributed by atoms with E-state index in [4.69, 9.17) is 16.0 Å². The lowest BCUT2D eigenvalue weighted by Crippen LogP contribution is -2.38. The van der Waals surface area contributed by atoms with Gasteiger partial charge in [0.25, 0.3) is 5.91 Å². The Hall–Kier alpha value is -1.78. The fraction of sp³-hybridized carbons (Fsp3) is 0.421. The van der Waals surface area contributed by atoms with E-state index in [1.807, 2.05) is 12.1 Å². The van der Waals surface area contributed by atoms with Crippen LogP contribution in [0.15, 0.2) is 47.1 Å². The Bertz CT molecular complexity index is 632. The first-order chi connectivity index (χ1) is 11.7. The molecule has 1 amide bonds. The Kier molecular flexibility index (Phi) is 5.94. The molecule has 1 fully saturated rings. The Morgan fingerprint density at radius 1 is 1.12 bits per heavy atom. The van der Waals surface area contributed by atoms with Crippen LogP contribution >= 0.6 is 11.6 Å². The van der Waals surface area contributed by atoms with Crippen molar-refractivity contribution in [3.63, 3.8) is 0 Å². The molecule has 2 aromatic rings. The fourth-order valence-corrected chi connectivity index (χ4v) is 3.32. The van der Waals surface area contributed by atoms with Crippen molar-refractivity contribution in [3.8, 4) is 0 Å². The second-order valence-electron chi connectivity index (χ2n) is 6.20. The number of nitrogens with zero attached hydrogens (tertiary/aromatic N) is 1. The number of halogens is 1. The molecule has 1 atom stereocenters. The highest BCUT2D eigenvalue weighted by atomic mass is 35.5. The van der Waals surface area contributed by atoms with Crippen molar-refractivity contribution in [2.24, 2.45) is 0 Å². The van der Waals surface area contributed by atoms with Gasteiger partial charge in [0.15, 0.2) is 0 Å². The maximum absolute atomic E-state index is 12.4. The topological polar surface area (TPSA) is 45.5 Å². The molecule has 0 spiro atoms. The number of carbonyl (C=O) groups is 1. The van der Waals surface area contributed by atoms with E-state index in [-0.39, 0.29) is 11.9 Å². The molecular weight excluding hydrogens is 324 g/mol. The van der Waals surface area contributed by atoms with Crippen molar-refractivity contribution in [3.05, 3.63) is 59.0 Å². The number of nitrogens with one attached hydrogen (secondary N) is 1. The lowest BCUT2D eigenvalue weighted by atomic mass is 10.1. The minimum absolute atomic E-state index is 0.0781. The van der Waals surface area contributed by atoms with Crippen molar-refractivity contribution in [1.29, 1.82) is 0 Å². The molecule has 24 heavy (non-hydrogen) atoms. The van der Waals surface area contributed by atoms with Gasteiger partial charge >= 0.3 is 0 Å². The summed E-state index contributed by atoms with van der Waals surface area (Å²) in [4.78, 5) is 14.8. The highest BCUT2D eigenvalue weighted by Crippen LogP contribution is 2.24. The lowest BCUT2D eigenvalue weighted by molar-refractivity contribution is 0.0927. The molecule has 1 aromatic carbocycles. The average Bonchev–Trinajstić information content (AvgIpc) is 2.98. The second kappa shape index (κ2) is 8.36. The summed E-state index contributed by atoms with van der Waals surface area (Å²) in [5.41, 5.74) is 0.619. The number of likely N-dealkylation sites (tertiary alicyclic amines) is 1. The Labute approximate surface area is 147 Å². The van der Waals surface area contributed by atoms with Gasteiger partial charge in [-0.25, -0.2) is 0 Å². The number of carbonyl (C=O) groups excluding carboxylic acids is 1. The molecule has 1 aliphatic rings. The lowest BCUT2D eigenvalue weighted by Gasteiger charge is -2.29. The van der Waals surface area contributed by atoms with Crippen LogP contribution in [0.5, 0.6) is 0 Å². The van der Waals surface area contributed by atoms with E-state index in [2.05, 4.69) is 10.2 Å². The highest BCUT2D eigenvalue weighted by Gasteiger charge is 2.24. The van der Waals surface area contributed by atoms with E-state index in [0.717, 1.165) is 18.8 Å². The molecule has 1 aromatic heterocycles. The second-order valence-corrected chi connectivity index (χ2v) is 6.63. The number of rotatable bonds is 5. The van der Waals surface area contributed by atoms with Crippen LogP contribution in [0.1, 0.15) is 47.8 Å². The molecule has 1 saturated heterocycles. The van der Waals surface area contributed by atoms with Crippen molar-refractivity contribution in [1.82, 2.24) is 10.2 Å². The van der Waals surface area contributed by atoms with Gasteiger partial charge in [-0.3, -0.25) is 9.69 Å². The molecule has 2 heterocycles. The predicted molar refractivity (Wildman–Crippen MR) is 95.3 cm³/mol. The number of hydrogen-bond donors (Lipinski definition) is 1. The third-order valence-electron chi connectivity index (χ3n) is 4.52. The van der Waals surface area contributed by atoms with Gasteiger partial charge < -0.3 is 9.73 Å². The van der Waals surface area contributed by atoms with Crippen LogP contribution in [-0.2, 0) is 0 Å². The number of hydrogen-bond acceptors (Lipinski definition) is 3. The molecule has 3 rings (SSSR count). The summed E-state index contributed by atoms with van der Waals surface area (Å²) in [6.07, 6.45) is 6.64. The van der Waals surface area contributed by atoms with Gasteiger partial charge in [-0.15, -0.1) is 0 Å². The maximum Gasteiger partial charge on any atom is 0.251 e. The number of furan rings is 1.